The molecule has 2 aromatic carbocycles. The standard InChI is InChI=1S/C23H26N2O/c1-3-8-19(9-4-1)17-25-14-13-23(24-16-21-12-7-15-26-21)22(18-25)20-10-5-2-6-11-20/h1-12,15,22-24H,13-14,16-18H2. The lowest BCUT2D eigenvalue weighted by Gasteiger charge is -2.39. The minimum absolute atomic E-state index is 0.467. The summed E-state index contributed by atoms with van der Waals surface area (Å²) in [6.45, 7) is 4.01. The van der Waals surface area contributed by atoms with Gasteiger partial charge in [0.05, 0.1) is 12.8 Å². The van der Waals surface area contributed by atoms with Crippen molar-refractivity contribution < 1.29 is 4.42 Å². The van der Waals surface area contributed by atoms with Crippen LogP contribution in [0.15, 0.2) is 83.5 Å². The molecule has 1 N–H and O–H groups in total. The molecule has 2 heterocycles. The molecule has 3 heteroatoms. The fourth-order valence-electron chi connectivity index (χ4n) is 3.93. The van der Waals surface area contributed by atoms with Crippen molar-refractivity contribution in [1.82, 2.24) is 10.2 Å². The van der Waals surface area contributed by atoms with Crippen LogP contribution in [0, 0.1) is 0 Å². The molecule has 1 aromatic heterocycles. The van der Waals surface area contributed by atoms with E-state index in [1.54, 1.807) is 6.26 Å². The summed E-state index contributed by atoms with van der Waals surface area (Å²) in [5.74, 6) is 1.49. The van der Waals surface area contributed by atoms with Gasteiger partial charge in [0.15, 0.2) is 0 Å². The molecule has 1 aliphatic heterocycles. The van der Waals surface area contributed by atoms with Crippen LogP contribution in [0.3, 0.4) is 0 Å². The van der Waals surface area contributed by atoms with E-state index in [1.165, 1.54) is 11.1 Å². The second kappa shape index (κ2) is 8.35. The molecule has 2 unspecified atom stereocenters. The zero-order valence-corrected chi connectivity index (χ0v) is 15.1. The van der Waals surface area contributed by atoms with Gasteiger partial charge < -0.3 is 9.73 Å². The normalized spacial score (nSPS) is 20.9. The highest BCUT2D eigenvalue weighted by molar-refractivity contribution is 5.23. The van der Waals surface area contributed by atoms with Crippen LogP contribution in [-0.4, -0.2) is 24.0 Å². The topological polar surface area (TPSA) is 28.4 Å². The van der Waals surface area contributed by atoms with Crippen molar-refractivity contribution in [2.24, 2.45) is 0 Å². The summed E-state index contributed by atoms with van der Waals surface area (Å²) in [6, 6.07) is 26.2. The summed E-state index contributed by atoms with van der Waals surface area (Å²) in [5.41, 5.74) is 2.81. The van der Waals surface area contributed by atoms with Crippen molar-refractivity contribution in [1.29, 1.82) is 0 Å². The number of likely N-dealkylation sites (tertiary alicyclic amines) is 1. The van der Waals surface area contributed by atoms with Gasteiger partial charge in [-0.15, -0.1) is 0 Å². The number of hydrogen-bond acceptors (Lipinski definition) is 3. The molecule has 3 aromatic rings. The Kier molecular flexibility index (Phi) is 5.48. The van der Waals surface area contributed by atoms with Crippen LogP contribution in [0.1, 0.15) is 29.2 Å². The summed E-state index contributed by atoms with van der Waals surface area (Å²) < 4.78 is 5.49. The summed E-state index contributed by atoms with van der Waals surface area (Å²) >= 11 is 0. The lowest BCUT2D eigenvalue weighted by atomic mass is 9.85. The van der Waals surface area contributed by atoms with Crippen LogP contribution in [0.25, 0.3) is 0 Å². The third kappa shape index (κ3) is 4.24. The zero-order chi connectivity index (χ0) is 17.6. The first-order valence-electron chi connectivity index (χ1n) is 9.45. The average Bonchev–Trinajstić information content (AvgIpc) is 3.22. The van der Waals surface area contributed by atoms with Gasteiger partial charge >= 0.3 is 0 Å². The molecule has 1 aliphatic rings. The van der Waals surface area contributed by atoms with E-state index in [0.717, 1.165) is 38.4 Å². The van der Waals surface area contributed by atoms with E-state index in [1.807, 2.05) is 12.1 Å². The van der Waals surface area contributed by atoms with Crippen LogP contribution in [0.2, 0.25) is 0 Å². The smallest absolute Gasteiger partial charge is 0.117 e. The predicted octanol–water partition coefficient (Wildman–Crippen LogP) is 4.43. The highest BCUT2D eigenvalue weighted by Crippen LogP contribution is 2.28. The fraction of sp³-hybridized carbons (Fsp3) is 0.304. The first-order valence-corrected chi connectivity index (χ1v) is 9.45. The Morgan fingerprint density at radius 3 is 2.42 bits per heavy atom. The molecule has 0 bridgehead atoms. The Hall–Kier alpha value is -2.36. The van der Waals surface area contributed by atoms with Gasteiger partial charge in [-0.2, -0.15) is 0 Å². The minimum atomic E-state index is 0.467. The van der Waals surface area contributed by atoms with Gasteiger partial charge in [-0.25, -0.2) is 0 Å². The molecule has 0 saturated carbocycles. The van der Waals surface area contributed by atoms with Crippen LogP contribution in [0.4, 0.5) is 0 Å². The Morgan fingerprint density at radius 2 is 1.69 bits per heavy atom. The predicted molar refractivity (Wildman–Crippen MR) is 105 cm³/mol. The molecule has 2 atom stereocenters. The van der Waals surface area contributed by atoms with E-state index in [9.17, 15) is 0 Å². The second-order valence-electron chi connectivity index (χ2n) is 7.09. The maximum Gasteiger partial charge on any atom is 0.117 e. The van der Waals surface area contributed by atoms with Crippen molar-refractivity contribution >= 4 is 0 Å². The number of piperidine rings is 1. The molecule has 3 nitrogen and oxygen atoms in total. The fourth-order valence-corrected chi connectivity index (χ4v) is 3.93. The van der Waals surface area contributed by atoms with Gasteiger partial charge in [0.25, 0.3) is 0 Å². The minimum Gasteiger partial charge on any atom is -0.468 e. The van der Waals surface area contributed by atoms with Crippen molar-refractivity contribution in [2.75, 3.05) is 13.1 Å². The van der Waals surface area contributed by atoms with Crippen molar-refractivity contribution in [3.05, 3.63) is 95.9 Å². The van der Waals surface area contributed by atoms with E-state index in [0.29, 0.717) is 12.0 Å². The van der Waals surface area contributed by atoms with Gasteiger partial charge in [0.1, 0.15) is 5.76 Å². The van der Waals surface area contributed by atoms with E-state index in [-0.39, 0.29) is 0 Å². The van der Waals surface area contributed by atoms with E-state index >= 15 is 0 Å². The highest BCUT2D eigenvalue weighted by atomic mass is 16.3. The maximum atomic E-state index is 5.49. The summed E-state index contributed by atoms with van der Waals surface area (Å²) in [6.07, 6.45) is 2.89. The Bertz CT molecular complexity index is 770. The monoisotopic (exact) mass is 346 g/mol. The zero-order valence-electron chi connectivity index (χ0n) is 15.1. The van der Waals surface area contributed by atoms with Crippen molar-refractivity contribution in [2.45, 2.75) is 31.5 Å². The highest BCUT2D eigenvalue weighted by Gasteiger charge is 2.30. The van der Waals surface area contributed by atoms with Gasteiger partial charge in [-0.05, 0) is 29.7 Å². The van der Waals surface area contributed by atoms with Crippen LogP contribution in [-0.2, 0) is 13.1 Å². The number of nitrogens with zero attached hydrogens (tertiary/aromatic N) is 1. The molecule has 1 fully saturated rings. The number of benzene rings is 2. The number of rotatable bonds is 6. The molecule has 0 aliphatic carbocycles. The largest absolute Gasteiger partial charge is 0.468 e. The van der Waals surface area contributed by atoms with Crippen LogP contribution >= 0.6 is 0 Å². The molecule has 0 spiro atoms. The number of nitrogens with one attached hydrogen (secondary N) is 1. The SMILES string of the molecule is c1ccc(CN2CCC(NCc3ccco3)C(c3ccccc3)C2)cc1. The van der Waals surface area contributed by atoms with E-state index in [4.69, 9.17) is 4.42 Å². The van der Waals surface area contributed by atoms with E-state index < -0.39 is 0 Å². The lowest BCUT2D eigenvalue weighted by Crippen LogP contribution is -2.47. The number of hydrogen-bond donors (Lipinski definition) is 1. The first kappa shape index (κ1) is 17.1. The molecule has 0 radical (unpaired) electrons. The summed E-state index contributed by atoms with van der Waals surface area (Å²) in [5, 5.41) is 3.74. The second-order valence-corrected chi connectivity index (χ2v) is 7.09. The molecule has 0 amide bonds. The molecular formula is C23H26N2O. The lowest BCUT2D eigenvalue weighted by molar-refractivity contribution is 0.165. The molecule has 26 heavy (non-hydrogen) atoms. The first-order chi connectivity index (χ1) is 12.9. The van der Waals surface area contributed by atoms with Crippen molar-refractivity contribution in [3.63, 3.8) is 0 Å². The van der Waals surface area contributed by atoms with Gasteiger partial charge in [0.2, 0.25) is 0 Å². The van der Waals surface area contributed by atoms with Crippen molar-refractivity contribution in [3.8, 4) is 0 Å². The summed E-state index contributed by atoms with van der Waals surface area (Å²) in [7, 11) is 0. The average molecular weight is 346 g/mol. The quantitative estimate of drug-likeness (QED) is 0.716. The Balaban J connectivity index is 1.46. The van der Waals surface area contributed by atoms with Crippen LogP contribution in [0.5, 0.6) is 0 Å². The molecular weight excluding hydrogens is 320 g/mol. The molecule has 1 saturated heterocycles. The van der Waals surface area contributed by atoms with E-state index in [2.05, 4.69) is 70.9 Å². The van der Waals surface area contributed by atoms with Gasteiger partial charge in [-0.1, -0.05) is 60.7 Å². The third-order valence-corrected chi connectivity index (χ3v) is 5.29. The summed E-state index contributed by atoms with van der Waals surface area (Å²) in [4.78, 5) is 2.58. The molecule has 4 rings (SSSR count). The van der Waals surface area contributed by atoms with Gasteiger partial charge in [0, 0.05) is 31.6 Å². The third-order valence-electron chi connectivity index (χ3n) is 5.29. The molecule has 134 valence electrons. The maximum absolute atomic E-state index is 5.49. The number of furan rings is 1. The Labute approximate surface area is 155 Å². The van der Waals surface area contributed by atoms with Crippen LogP contribution < -0.4 is 5.32 Å². The Morgan fingerprint density at radius 1 is 0.923 bits per heavy atom. The van der Waals surface area contributed by atoms with Gasteiger partial charge in [-0.3, -0.25) is 4.90 Å².